The number of benzene rings is 1. The number of hydrogen-bond acceptors (Lipinski definition) is 5. The van der Waals surface area contributed by atoms with Gasteiger partial charge < -0.3 is 14.6 Å². The molecule has 0 radical (unpaired) electrons. The van der Waals surface area contributed by atoms with Gasteiger partial charge in [0.15, 0.2) is 0 Å². The maximum atomic E-state index is 12.1. The first-order valence-electron chi connectivity index (χ1n) is 7.03. The highest BCUT2D eigenvalue weighted by atomic mass is 32.2. The molecule has 0 aliphatic carbocycles. The summed E-state index contributed by atoms with van der Waals surface area (Å²) in [6, 6.07) is 6.26. The van der Waals surface area contributed by atoms with Crippen LogP contribution in [0.15, 0.2) is 29.2 Å². The van der Waals surface area contributed by atoms with Crippen LogP contribution in [0.1, 0.15) is 12.8 Å². The minimum Gasteiger partial charge on any atom is -0.494 e. The first-order chi connectivity index (χ1) is 10.1. The fourth-order valence-electron chi connectivity index (χ4n) is 2.02. The lowest BCUT2D eigenvalue weighted by molar-refractivity contribution is 0.186. The predicted octanol–water partition coefficient (Wildman–Crippen LogP) is 0.763. The molecular formula is C14H21NO5S. The Kier molecular flexibility index (Phi) is 5.98. The third-order valence-corrected chi connectivity index (χ3v) is 4.73. The molecule has 118 valence electrons. The van der Waals surface area contributed by atoms with Crippen LogP contribution in [0.3, 0.4) is 0 Å². The smallest absolute Gasteiger partial charge is 0.240 e. The standard InChI is InChI=1S/C14H21NO5S/c16-7-1-8-20-13-2-4-14(5-3-13)21(17,18)15-10-12-6-9-19-11-12/h2-5,12,15-16H,1,6-11H2. The van der Waals surface area contributed by atoms with Crippen LogP contribution in [0.2, 0.25) is 0 Å². The van der Waals surface area contributed by atoms with Crippen molar-refractivity contribution in [2.45, 2.75) is 17.7 Å². The molecule has 1 saturated heterocycles. The average Bonchev–Trinajstić information content (AvgIpc) is 3.00. The molecule has 0 bridgehead atoms. The van der Waals surface area contributed by atoms with E-state index in [1.807, 2.05) is 0 Å². The van der Waals surface area contributed by atoms with E-state index in [9.17, 15) is 8.42 Å². The van der Waals surface area contributed by atoms with Crippen LogP contribution in [0.4, 0.5) is 0 Å². The Morgan fingerprint density at radius 1 is 1.33 bits per heavy atom. The lowest BCUT2D eigenvalue weighted by Crippen LogP contribution is -2.29. The van der Waals surface area contributed by atoms with Gasteiger partial charge in [0.1, 0.15) is 5.75 Å². The van der Waals surface area contributed by atoms with Crippen molar-refractivity contribution in [3.05, 3.63) is 24.3 Å². The van der Waals surface area contributed by atoms with Crippen molar-refractivity contribution in [3.8, 4) is 5.75 Å². The summed E-state index contributed by atoms with van der Waals surface area (Å²) >= 11 is 0. The van der Waals surface area contributed by atoms with Gasteiger partial charge in [-0.15, -0.1) is 0 Å². The monoisotopic (exact) mass is 315 g/mol. The lowest BCUT2D eigenvalue weighted by atomic mass is 10.1. The van der Waals surface area contributed by atoms with E-state index in [4.69, 9.17) is 14.6 Å². The van der Waals surface area contributed by atoms with Gasteiger partial charge in [-0.1, -0.05) is 0 Å². The molecule has 1 unspecified atom stereocenters. The Balaban J connectivity index is 1.89. The highest BCUT2D eigenvalue weighted by molar-refractivity contribution is 7.89. The van der Waals surface area contributed by atoms with Gasteiger partial charge in [0.2, 0.25) is 10.0 Å². The maximum absolute atomic E-state index is 12.1. The van der Waals surface area contributed by atoms with Crippen molar-refractivity contribution >= 4 is 10.0 Å². The van der Waals surface area contributed by atoms with Gasteiger partial charge in [-0.05, 0) is 36.6 Å². The van der Waals surface area contributed by atoms with Gasteiger partial charge >= 0.3 is 0 Å². The van der Waals surface area contributed by atoms with E-state index < -0.39 is 10.0 Å². The zero-order chi connectivity index (χ0) is 15.1. The third kappa shape index (κ3) is 4.96. The second-order valence-electron chi connectivity index (χ2n) is 4.98. The van der Waals surface area contributed by atoms with E-state index in [1.165, 1.54) is 12.1 Å². The van der Waals surface area contributed by atoms with Crippen molar-refractivity contribution in [1.82, 2.24) is 4.72 Å². The van der Waals surface area contributed by atoms with E-state index >= 15 is 0 Å². The summed E-state index contributed by atoms with van der Waals surface area (Å²) in [4.78, 5) is 0.218. The molecule has 1 aromatic carbocycles. The van der Waals surface area contributed by atoms with E-state index in [2.05, 4.69) is 4.72 Å². The molecule has 1 aliphatic heterocycles. The zero-order valence-electron chi connectivity index (χ0n) is 11.8. The topological polar surface area (TPSA) is 84.9 Å². The average molecular weight is 315 g/mol. The summed E-state index contributed by atoms with van der Waals surface area (Å²) in [7, 11) is -3.49. The van der Waals surface area contributed by atoms with E-state index in [0.29, 0.717) is 38.5 Å². The summed E-state index contributed by atoms with van der Waals surface area (Å²) in [5.41, 5.74) is 0. The second-order valence-corrected chi connectivity index (χ2v) is 6.75. The molecule has 1 aliphatic rings. The largest absolute Gasteiger partial charge is 0.494 e. The minimum atomic E-state index is -3.49. The number of rotatable bonds is 8. The highest BCUT2D eigenvalue weighted by Gasteiger charge is 2.20. The predicted molar refractivity (Wildman–Crippen MR) is 77.8 cm³/mol. The molecule has 0 aromatic heterocycles. The Labute approximate surface area is 125 Å². The molecule has 1 fully saturated rings. The summed E-state index contributed by atoms with van der Waals surface area (Å²) in [5.74, 6) is 0.840. The molecule has 1 heterocycles. The zero-order valence-corrected chi connectivity index (χ0v) is 12.6. The third-order valence-electron chi connectivity index (χ3n) is 3.29. The van der Waals surface area contributed by atoms with Crippen LogP contribution in [0, 0.1) is 5.92 Å². The Bertz CT molecular complexity index is 523. The number of hydrogen-bond donors (Lipinski definition) is 2. The van der Waals surface area contributed by atoms with Gasteiger partial charge in [-0.3, -0.25) is 0 Å². The molecule has 0 saturated carbocycles. The number of nitrogens with one attached hydrogen (secondary N) is 1. The van der Waals surface area contributed by atoms with Crippen LogP contribution in [-0.2, 0) is 14.8 Å². The van der Waals surface area contributed by atoms with Crippen molar-refractivity contribution in [1.29, 1.82) is 0 Å². The van der Waals surface area contributed by atoms with Crippen LogP contribution in [-0.4, -0.2) is 46.5 Å². The van der Waals surface area contributed by atoms with Crippen LogP contribution in [0.25, 0.3) is 0 Å². The molecule has 1 aromatic rings. The quantitative estimate of drug-likeness (QED) is 0.692. The molecule has 7 heteroatoms. The Morgan fingerprint density at radius 2 is 2.10 bits per heavy atom. The van der Waals surface area contributed by atoms with Crippen LogP contribution >= 0.6 is 0 Å². The molecule has 6 nitrogen and oxygen atoms in total. The van der Waals surface area contributed by atoms with Crippen LogP contribution in [0.5, 0.6) is 5.75 Å². The lowest BCUT2D eigenvalue weighted by Gasteiger charge is -2.11. The van der Waals surface area contributed by atoms with Gasteiger partial charge in [-0.25, -0.2) is 13.1 Å². The van der Waals surface area contributed by atoms with Crippen molar-refractivity contribution in [2.24, 2.45) is 5.92 Å². The van der Waals surface area contributed by atoms with E-state index in [0.717, 1.165) is 6.42 Å². The number of sulfonamides is 1. The van der Waals surface area contributed by atoms with Crippen molar-refractivity contribution in [3.63, 3.8) is 0 Å². The second kappa shape index (κ2) is 7.74. The molecule has 0 amide bonds. The number of ether oxygens (including phenoxy) is 2. The summed E-state index contributed by atoms with van der Waals surface area (Å²) < 4.78 is 37.5. The van der Waals surface area contributed by atoms with E-state index in [1.54, 1.807) is 12.1 Å². The minimum absolute atomic E-state index is 0.0707. The van der Waals surface area contributed by atoms with Crippen molar-refractivity contribution in [2.75, 3.05) is 33.0 Å². The number of aliphatic hydroxyl groups is 1. The van der Waals surface area contributed by atoms with Gasteiger partial charge in [0.05, 0.1) is 18.1 Å². The SMILES string of the molecule is O=S(=O)(NCC1CCOC1)c1ccc(OCCCO)cc1. The summed E-state index contributed by atoms with van der Waals surface area (Å²) in [5, 5.41) is 8.67. The number of aliphatic hydroxyl groups excluding tert-OH is 1. The molecule has 21 heavy (non-hydrogen) atoms. The Morgan fingerprint density at radius 3 is 2.71 bits per heavy atom. The molecule has 2 rings (SSSR count). The fourth-order valence-corrected chi connectivity index (χ4v) is 3.14. The highest BCUT2D eigenvalue weighted by Crippen LogP contribution is 2.17. The summed E-state index contributed by atoms with van der Waals surface area (Å²) in [6.07, 6.45) is 1.44. The van der Waals surface area contributed by atoms with Crippen LogP contribution < -0.4 is 9.46 Å². The Hall–Kier alpha value is -1.15. The normalized spacial score (nSPS) is 18.8. The van der Waals surface area contributed by atoms with Gasteiger partial charge in [-0.2, -0.15) is 0 Å². The van der Waals surface area contributed by atoms with E-state index in [-0.39, 0.29) is 17.4 Å². The van der Waals surface area contributed by atoms with Gasteiger partial charge in [0, 0.05) is 26.2 Å². The fraction of sp³-hybridized carbons (Fsp3) is 0.571. The maximum Gasteiger partial charge on any atom is 0.240 e. The molecule has 1 atom stereocenters. The van der Waals surface area contributed by atoms with Gasteiger partial charge in [0.25, 0.3) is 0 Å². The first-order valence-corrected chi connectivity index (χ1v) is 8.51. The molecule has 2 N–H and O–H groups in total. The molecule has 0 spiro atoms. The first kappa shape index (κ1) is 16.2. The van der Waals surface area contributed by atoms with Crippen molar-refractivity contribution < 1.29 is 23.0 Å². The molecular weight excluding hydrogens is 294 g/mol. The summed E-state index contributed by atoms with van der Waals surface area (Å²) in [6.45, 7) is 2.19.